The minimum absolute atomic E-state index is 0. The zero-order chi connectivity index (χ0) is 98.4. The van der Waals surface area contributed by atoms with E-state index in [0.29, 0.717) is 98.6 Å². The fraction of sp³-hybridized carbons (Fsp3) is 0.151. The number of halogens is 7. The second kappa shape index (κ2) is 50.5. The van der Waals surface area contributed by atoms with Crippen molar-refractivity contribution in [3.63, 3.8) is 0 Å². The Morgan fingerprint density at radius 1 is 0.433 bits per heavy atom. The van der Waals surface area contributed by atoms with E-state index in [1.54, 1.807) is 64.8 Å². The molecule has 4 heterocycles. The number of carbonyl (C=O) groups is 5. The third kappa shape index (κ3) is 27.5. The number of aromatic carboxylic acids is 1. The number of benzene rings is 12. The van der Waals surface area contributed by atoms with Gasteiger partial charge in [-0.2, -0.15) is 15.3 Å². The molecule has 0 unspecified atom stereocenters. The molecule has 1 fully saturated rings. The Morgan fingerprint density at radius 3 is 1.05 bits per heavy atom. The van der Waals surface area contributed by atoms with Gasteiger partial charge < -0.3 is 65.3 Å². The monoisotopic (exact) mass is 2060 g/mol. The van der Waals surface area contributed by atoms with Crippen LogP contribution in [0.4, 0.5) is 43.4 Å². The molecule has 2 amide bonds. The molecule has 48 heteroatoms. The van der Waals surface area contributed by atoms with Crippen LogP contribution in [0.25, 0.3) is 49.7 Å². The Morgan fingerprint density at radius 2 is 0.745 bits per heavy atom. The van der Waals surface area contributed by atoms with Crippen LogP contribution < -0.4 is 68.1 Å². The largest absolute Gasteiger partial charge is 1.00 e. The molecule has 12 aromatic carbocycles. The second-order valence-corrected chi connectivity index (χ2v) is 35.0. The predicted octanol–water partition coefficient (Wildman–Crippen LogP) is 8.99. The van der Waals surface area contributed by atoms with E-state index in [4.69, 9.17) is 46.1 Å². The Bertz CT molecular complexity index is 7160. The minimum atomic E-state index is -4.28. The van der Waals surface area contributed by atoms with Crippen molar-refractivity contribution < 1.29 is 149 Å². The average molecular weight is 2060 g/mol. The number of ether oxygens (including phenoxy) is 7. The maximum Gasteiger partial charge on any atom is 1.00 e. The average Bonchev–Trinajstić information content (AvgIpc) is 0.866. The quantitative estimate of drug-likeness (QED) is 0.0151. The van der Waals surface area contributed by atoms with Crippen molar-refractivity contribution in [3.05, 3.63) is 324 Å². The van der Waals surface area contributed by atoms with Gasteiger partial charge in [0, 0.05) is 30.5 Å². The van der Waals surface area contributed by atoms with Crippen LogP contribution >= 0.6 is 15.9 Å². The van der Waals surface area contributed by atoms with E-state index < -0.39 is 141 Å². The smallest absolute Gasteiger partial charge is 0.870 e. The number of esters is 2. The minimum Gasteiger partial charge on any atom is -0.870 e. The van der Waals surface area contributed by atoms with E-state index in [9.17, 15) is 58.0 Å². The molecular weight excluding hydrogens is 1970 g/mol. The number of nitrogens with one attached hydrogen (secondary N) is 5. The molecule has 1 aliphatic heterocycles. The van der Waals surface area contributed by atoms with Crippen LogP contribution in [0, 0.1) is 34.9 Å². The summed E-state index contributed by atoms with van der Waals surface area (Å²) in [6.07, 6.45) is 10.7. The van der Waals surface area contributed by atoms with Crippen molar-refractivity contribution in [2.45, 2.75) is 52.5 Å². The van der Waals surface area contributed by atoms with Crippen molar-refractivity contribution >= 4 is 128 Å². The maximum absolute atomic E-state index is 15.4. The molecule has 2 radical (unpaired) electrons. The van der Waals surface area contributed by atoms with Crippen molar-refractivity contribution in [1.82, 2.24) is 54.9 Å². The SMILES string of the molecule is C1CCOC1.COC(=O)[C@H](Cc1ccc(-c2c(OC)cccc2OC)c2ccccc12)NC(=O)c1c(F)cc(NS(=O)(=O)c2ccc(-n3cncn3)cc2)cc1F.COC(=O)[C@H](Cc1ccc(Br)c2ccccc12)NC(=O)c1c(F)cc(NS(=O)(=O)c2ccc(-n3cncn3)cc2)cc1F.O.O.O=C(O)c1c(F)cc(NS(=O)(=O)c2ccc(-n3cncn3)cc2)cc1F.[B]c1c(OC)cccc1OC.[Li+].[OH-]. The summed E-state index contributed by atoms with van der Waals surface area (Å²) in [4.78, 5) is 73.5. The molecule has 141 heavy (non-hydrogen) atoms. The molecule has 2 atom stereocenters. The Balaban J connectivity index is 0.000000244. The van der Waals surface area contributed by atoms with Crippen LogP contribution in [0.5, 0.6) is 23.0 Å². The maximum atomic E-state index is 15.4. The number of aromatic nitrogens is 9. The topological polar surface area (TPSA) is 518 Å². The molecular formula is C93H85BBrF6LiN14O22S3. The molecule has 1 aliphatic rings. The molecule has 16 rings (SSSR count). The number of fused-ring (bicyclic) bond motifs is 2. The summed E-state index contributed by atoms with van der Waals surface area (Å²) < 4.78 is 212. The van der Waals surface area contributed by atoms with E-state index >= 15 is 17.6 Å². The number of carboxylic acids is 1. The third-order valence-electron chi connectivity index (χ3n) is 20.4. The number of carbonyl (C=O) groups excluding carboxylic acids is 4. The number of sulfonamides is 3. The summed E-state index contributed by atoms with van der Waals surface area (Å²) in [5.41, 5.74) is 0.479. The normalized spacial score (nSPS) is 11.7. The van der Waals surface area contributed by atoms with Crippen LogP contribution in [-0.2, 0) is 66.7 Å². The zero-order valence-corrected chi connectivity index (χ0v) is 79.4. The van der Waals surface area contributed by atoms with Gasteiger partial charge in [-0.15, -0.1) is 0 Å². The Labute approximate surface area is 823 Å². The van der Waals surface area contributed by atoms with Gasteiger partial charge in [0.15, 0.2) is 0 Å². The number of hydrogen-bond donors (Lipinski definition) is 6. The third-order valence-corrected chi connectivity index (χ3v) is 25.3. The zero-order valence-electron chi connectivity index (χ0n) is 75.4. The van der Waals surface area contributed by atoms with Gasteiger partial charge in [0.1, 0.15) is 132 Å². The van der Waals surface area contributed by atoms with Gasteiger partial charge in [-0.3, -0.25) is 23.8 Å². The van der Waals surface area contributed by atoms with Crippen LogP contribution in [0.1, 0.15) is 55.0 Å². The molecule has 0 spiro atoms. The molecule has 11 N–H and O–H groups in total. The summed E-state index contributed by atoms with van der Waals surface area (Å²) in [7, 11) is 1.49. The number of carboxylic acid groups (broad SMARTS) is 1. The van der Waals surface area contributed by atoms with Crippen LogP contribution in [0.2, 0.25) is 0 Å². The summed E-state index contributed by atoms with van der Waals surface area (Å²) in [5, 5.41) is 28.5. The van der Waals surface area contributed by atoms with Crippen molar-refractivity contribution in [3.8, 4) is 51.2 Å². The fourth-order valence-electron chi connectivity index (χ4n) is 13.9. The molecule has 0 bridgehead atoms. The molecule has 0 saturated carbocycles. The summed E-state index contributed by atoms with van der Waals surface area (Å²) in [5.74, 6) is -11.7. The van der Waals surface area contributed by atoms with Crippen molar-refractivity contribution in [1.29, 1.82) is 0 Å². The summed E-state index contributed by atoms with van der Waals surface area (Å²) in [6, 6.07) is 50.6. The Hall–Kier alpha value is -15.1. The molecule has 730 valence electrons. The van der Waals surface area contributed by atoms with Crippen LogP contribution in [0.3, 0.4) is 0 Å². The number of amides is 2. The number of nitrogens with zero attached hydrogens (tertiary/aromatic N) is 9. The first-order valence-corrected chi connectivity index (χ1v) is 45.8. The van der Waals surface area contributed by atoms with E-state index in [0.717, 1.165) is 59.0 Å². The van der Waals surface area contributed by atoms with Crippen LogP contribution in [-0.4, -0.2) is 197 Å². The number of hydrogen-bond acceptors (Lipinski definition) is 25. The first-order chi connectivity index (χ1) is 65.7. The van der Waals surface area contributed by atoms with Crippen molar-refractivity contribution in [2.75, 3.05) is 70.0 Å². The predicted molar refractivity (Wildman–Crippen MR) is 505 cm³/mol. The Kier molecular flexibility index (Phi) is 39.8. The summed E-state index contributed by atoms with van der Waals surface area (Å²) in [6.45, 7) is 2.00. The molecule has 1 saturated heterocycles. The van der Waals surface area contributed by atoms with Gasteiger partial charge in [0.2, 0.25) is 0 Å². The second-order valence-electron chi connectivity index (χ2n) is 29.1. The van der Waals surface area contributed by atoms with Crippen molar-refractivity contribution in [2.24, 2.45) is 0 Å². The first-order valence-electron chi connectivity index (χ1n) is 40.5. The van der Waals surface area contributed by atoms with Gasteiger partial charge in [0.25, 0.3) is 41.9 Å². The van der Waals surface area contributed by atoms with Gasteiger partial charge in [-0.05, 0) is 196 Å². The molecule has 3 aromatic heterocycles. The van der Waals surface area contributed by atoms with Crippen LogP contribution in [0.15, 0.2) is 276 Å². The molecule has 15 aromatic rings. The van der Waals surface area contributed by atoms with E-state index in [-0.39, 0.29) is 62.8 Å². The van der Waals surface area contributed by atoms with E-state index in [1.807, 2.05) is 77.5 Å². The number of anilines is 3. The number of methoxy groups -OCH3 is 6. The van der Waals surface area contributed by atoms with Gasteiger partial charge in [-0.25, -0.2) is 95.0 Å². The number of rotatable bonds is 28. The standard InChI is InChI=1S/C37H31F2N5O7S.C29H22BrF2N5O5S.C15H10F2N4O4S.C8H9BO2.C4H8O.Li.3H2O/c1-49-32-9-6-10-33(50-2)34(32)28-16-11-22(26-7-4-5-8-27(26)28)17-31(37(46)51-3)42-36(45)35-29(38)18-23(19-30(35)39)43-52(47,48)25-14-12-24(13-15-25)44-21-40-20-41-44;1-42-29(39)26(12-17-6-11-23(30)22-5-3-2-4-21(17)22)35-28(38)27-24(31)13-18(14-25(27)32)36-43(40,41)20-9-7-19(8-10-20)37-16-33-15-34-37;16-12-5-9(6-13(17)14(12)15(22)23)20-26(24,25)11-3-1-10(2-4-11)21-8-18-7-19-21;1-10-6-4-3-5-7(11-2)8(6)9;1-2-4-5-3-1;;;;/h4-16,18-21,31,43H,17H2,1-3H3,(H,42,45);2-11,13-16,26,36H,12H2,1H3,(H,35,38);1-8,20H,(H,22,23);3-5H,1-2H3;1-4H2;;3*1H2/q;;;;;+1;;;/p-1/t31-;26-;;;;;;;/m00......./s1. The summed E-state index contributed by atoms with van der Waals surface area (Å²) >= 11 is 3.48. The van der Waals surface area contributed by atoms with Gasteiger partial charge in [-0.1, -0.05) is 94.8 Å². The van der Waals surface area contributed by atoms with E-state index in [2.05, 4.69) is 66.3 Å². The first kappa shape index (κ1) is 111. The van der Waals surface area contributed by atoms with E-state index in [1.165, 1.54) is 138 Å². The van der Waals surface area contributed by atoms with Gasteiger partial charge >= 0.3 is 36.8 Å². The van der Waals surface area contributed by atoms with Gasteiger partial charge in [0.05, 0.1) is 97.0 Å². The molecule has 0 aliphatic carbocycles. The molecule has 36 nitrogen and oxygen atoms in total. The fourth-order valence-corrected chi connectivity index (χ4v) is 17.5.